The van der Waals surface area contributed by atoms with E-state index < -0.39 is 7.12 Å². The molecule has 1 fully saturated rings. The summed E-state index contributed by atoms with van der Waals surface area (Å²) < 4.78 is 11.7. The highest BCUT2D eigenvalue weighted by Gasteiger charge is 2.49. The molecule has 20 heavy (non-hydrogen) atoms. The van der Waals surface area contributed by atoms with Gasteiger partial charge in [0.25, 0.3) is 0 Å². The van der Waals surface area contributed by atoms with Gasteiger partial charge in [-0.25, -0.2) is 4.98 Å². The van der Waals surface area contributed by atoms with Gasteiger partial charge < -0.3 is 20.1 Å². The number of anilines is 1. The molecule has 0 aliphatic carbocycles. The van der Waals surface area contributed by atoms with Crippen molar-refractivity contribution in [3.63, 3.8) is 0 Å². The molecule has 0 amide bonds. The first-order valence-corrected chi connectivity index (χ1v) is 6.64. The molecular weight excluding hydrogens is 255 g/mol. The van der Waals surface area contributed by atoms with E-state index in [-0.39, 0.29) is 17.8 Å². The summed E-state index contributed by atoms with van der Waals surface area (Å²) in [6.07, 6.45) is 3.50. The molecule has 6 heteroatoms. The van der Waals surface area contributed by atoms with Crippen molar-refractivity contribution < 1.29 is 14.4 Å². The smallest absolute Gasteiger partial charge is 0.400 e. The molecule has 5 nitrogen and oxygen atoms in total. The van der Waals surface area contributed by atoms with Crippen LogP contribution in [-0.4, -0.2) is 28.4 Å². The first-order valence-electron chi connectivity index (χ1n) is 6.64. The molecule has 0 aromatic carbocycles. The van der Waals surface area contributed by atoms with Crippen LogP contribution in [0.2, 0.25) is 0 Å². The van der Waals surface area contributed by atoms with E-state index >= 15 is 0 Å². The number of aromatic nitrogens is 1. The molecule has 108 valence electrons. The van der Waals surface area contributed by atoms with Crippen LogP contribution >= 0.6 is 0 Å². The second kappa shape index (κ2) is 5.20. The largest absolute Gasteiger partial charge is 0.487 e. The third kappa shape index (κ3) is 2.87. The van der Waals surface area contributed by atoms with Crippen LogP contribution in [0.15, 0.2) is 18.2 Å². The van der Waals surface area contributed by atoms with Crippen molar-refractivity contribution in [2.45, 2.75) is 45.5 Å². The summed E-state index contributed by atoms with van der Waals surface area (Å²) in [6, 6.07) is 1.80. The Morgan fingerprint density at radius 1 is 1.30 bits per heavy atom. The first kappa shape index (κ1) is 15.0. The molecule has 0 spiro atoms. The minimum atomic E-state index is -0.393. The zero-order valence-corrected chi connectivity index (χ0v) is 12.4. The van der Waals surface area contributed by atoms with Crippen LogP contribution in [0.4, 0.5) is 5.82 Å². The van der Waals surface area contributed by atoms with Crippen molar-refractivity contribution in [2.24, 2.45) is 0 Å². The van der Waals surface area contributed by atoms with Gasteiger partial charge >= 0.3 is 7.12 Å². The van der Waals surface area contributed by atoms with Gasteiger partial charge in [-0.2, -0.15) is 0 Å². The van der Waals surface area contributed by atoms with Gasteiger partial charge in [-0.1, -0.05) is 12.1 Å². The highest BCUT2D eigenvalue weighted by atomic mass is 16.7. The predicted molar refractivity (Wildman–Crippen MR) is 79.7 cm³/mol. The van der Waals surface area contributed by atoms with Crippen LogP contribution in [-0.2, 0) is 15.9 Å². The molecule has 3 N–H and O–H groups in total. The van der Waals surface area contributed by atoms with E-state index in [9.17, 15) is 0 Å². The first-order chi connectivity index (χ1) is 9.25. The van der Waals surface area contributed by atoms with Crippen LogP contribution in [0.3, 0.4) is 0 Å². The van der Waals surface area contributed by atoms with E-state index in [0.717, 1.165) is 5.56 Å². The maximum atomic E-state index is 9.17. The summed E-state index contributed by atoms with van der Waals surface area (Å²) in [5.41, 5.74) is 6.40. The summed E-state index contributed by atoms with van der Waals surface area (Å²) >= 11 is 0. The fourth-order valence-electron chi connectivity index (χ4n) is 1.91. The Balaban J connectivity index is 2.12. The van der Waals surface area contributed by atoms with Gasteiger partial charge in [0.2, 0.25) is 0 Å². The van der Waals surface area contributed by atoms with E-state index in [2.05, 4.69) is 4.98 Å². The fourth-order valence-corrected chi connectivity index (χ4v) is 1.91. The van der Waals surface area contributed by atoms with Gasteiger partial charge in [-0.3, -0.25) is 0 Å². The Kier molecular flexibility index (Phi) is 3.91. The summed E-state index contributed by atoms with van der Waals surface area (Å²) in [4.78, 5) is 4.04. The molecule has 1 aliphatic rings. The quantitative estimate of drug-likeness (QED) is 0.823. The van der Waals surface area contributed by atoms with E-state index in [1.807, 2.05) is 39.7 Å². The van der Waals surface area contributed by atoms with Gasteiger partial charge in [0.1, 0.15) is 5.82 Å². The average Bonchev–Trinajstić information content (AvgIpc) is 2.57. The summed E-state index contributed by atoms with van der Waals surface area (Å²) in [7, 11) is -0.393. The van der Waals surface area contributed by atoms with Crippen molar-refractivity contribution in [1.29, 1.82) is 0 Å². The number of aliphatic hydroxyl groups is 1. The van der Waals surface area contributed by atoms with Crippen molar-refractivity contribution in [2.75, 3.05) is 5.73 Å². The molecule has 2 heterocycles. The lowest BCUT2D eigenvalue weighted by molar-refractivity contribution is 0.00578. The standard InChI is InChI=1S/C14H21BN2O3/c1-13(2)14(3,4)20-15(19-13)6-5-10-7-11(9-18)12(16)17-8-10/h5-8,18H,9H2,1-4H3,(H2,16,17)/b6-5+. The predicted octanol–water partition coefficient (Wildman–Crippen LogP) is 1.80. The van der Waals surface area contributed by atoms with E-state index in [0.29, 0.717) is 11.4 Å². The Morgan fingerprint density at radius 3 is 2.45 bits per heavy atom. The van der Waals surface area contributed by atoms with Gasteiger partial charge in [0, 0.05) is 11.8 Å². The van der Waals surface area contributed by atoms with Gasteiger partial charge in [0.15, 0.2) is 0 Å². The minimum absolute atomic E-state index is 0.128. The molecule has 2 rings (SSSR count). The second-order valence-electron chi connectivity index (χ2n) is 5.95. The van der Waals surface area contributed by atoms with Crippen LogP contribution in [0.1, 0.15) is 38.8 Å². The molecule has 0 atom stereocenters. The molecule has 0 radical (unpaired) electrons. The minimum Gasteiger partial charge on any atom is -0.400 e. The van der Waals surface area contributed by atoms with Crippen molar-refractivity contribution in [3.05, 3.63) is 29.4 Å². The molecule has 1 aliphatic heterocycles. The summed E-state index contributed by atoms with van der Waals surface area (Å²) in [5, 5.41) is 9.17. The molecule has 1 aromatic heterocycles. The Labute approximate surface area is 119 Å². The Hall–Kier alpha value is -1.37. The van der Waals surface area contributed by atoms with E-state index in [1.165, 1.54) is 0 Å². The molecule has 1 saturated heterocycles. The van der Waals surface area contributed by atoms with Crippen LogP contribution < -0.4 is 5.73 Å². The Bertz CT molecular complexity index is 513. The van der Waals surface area contributed by atoms with Crippen molar-refractivity contribution in [3.8, 4) is 0 Å². The maximum absolute atomic E-state index is 9.17. The van der Waals surface area contributed by atoms with Crippen LogP contribution in [0, 0.1) is 0 Å². The lowest BCUT2D eigenvalue weighted by Crippen LogP contribution is -2.41. The van der Waals surface area contributed by atoms with Gasteiger partial charge in [0.05, 0.1) is 17.8 Å². The molecule has 0 saturated carbocycles. The monoisotopic (exact) mass is 276 g/mol. The maximum Gasteiger partial charge on any atom is 0.487 e. The number of nitrogens with two attached hydrogens (primary N) is 1. The molecule has 1 aromatic rings. The summed E-state index contributed by atoms with van der Waals surface area (Å²) in [6.45, 7) is 7.91. The van der Waals surface area contributed by atoms with Crippen LogP contribution in [0.25, 0.3) is 6.08 Å². The lowest BCUT2D eigenvalue weighted by Gasteiger charge is -2.32. The number of hydrogen-bond acceptors (Lipinski definition) is 5. The number of rotatable bonds is 3. The highest BCUT2D eigenvalue weighted by Crippen LogP contribution is 2.37. The molecule has 0 unspecified atom stereocenters. The molecule has 0 bridgehead atoms. The van der Waals surface area contributed by atoms with Crippen molar-refractivity contribution >= 4 is 19.0 Å². The topological polar surface area (TPSA) is 77.6 Å². The van der Waals surface area contributed by atoms with E-state index in [1.54, 1.807) is 12.3 Å². The second-order valence-corrected chi connectivity index (χ2v) is 5.95. The van der Waals surface area contributed by atoms with Gasteiger partial charge in [-0.05, 0) is 39.3 Å². The van der Waals surface area contributed by atoms with E-state index in [4.69, 9.17) is 20.1 Å². The van der Waals surface area contributed by atoms with Crippen molar-refractivity contribution in [1.82, 2.24) is 4.98 Å². The number of nitrogen functional groups attached to an aromatic ring is 1. The average molecular weight is 276 g/mol. The van der Waals surface area contributed by atoms with Crippen LogP contribution in [0.5, 0.6) is 0 Å². The SMILES string of the molecule is CC1(C)OB(/C=C/c2cnc(N)c(CO)c2)OC1(C)C. The number of aliphatic hydroxyl groups excluding tert-OH is 1. The number of nitrogens with zero attached hydrogens (tertiary/aromatic N) is 1. The molecular formula is C14H21BN2O3. The number of pyridine rings is 1. The lowest BCUT2D eigenvalue weighted by atomic mass is 9.89. The summed E-state index contributed by atoms with van der Waals surface area (Å²) in [5.74, 6) is 2.19. The highest BCUT2D eigenvalue weighted by molar-refractivity contribution is 6.52. The normalized spacial score (nSPS) is 20.8. The Morgan fingerprint density at radius 2 is 1.90 bits per heavy atom. The zero-order valence-electron chi connectivity index (χ0n) is 12.4. The third-order valence-electron chi connectivity index (χ3n) is 3.91. The third-order valence-corrected chi connectivity index (χ3v) is 3.91. The zero-order chi connectivity index (χ0) is 15.0. The fraction of sp³-hybridized carbons (Fsp3) is 0.500. The van der Waals surface area contributed by atoms with Gasteiger partial charge in [-0.15, -0.1) is 0 Å². The number of hydrogen-bond donors (Lipinski definition) is 2.